The second-order valence-corrected chi connectivity index (χ2v) is 9.44. The topological polar surface area (TPSA) is 91.4 Å². The van der Waals surface area contributed by atoms with Crippen LogP contribution in [0.3, 0.4) is 0 Å². The fraction of sp³-hybridized carbons (Fsp3) is 0.130. The fourth-order valence-electron chi connectivity index (χ4n) is 2.89. The largest absolute Gasteiger partial charge is 0.334 e. The van der Waals surface area contributed by atoms with Crippen molar-refractivity contribution < 1.29 is 13.2 Å². The second kappa shape index (κ2) is 10.9. The first-order valence-electron chi connectivity index (χ1n) is 9.84. The molecule has 0 aliphatic rings. The first kappa shape index (κ1) is 23.5. The highest BCUT2D eigenvalue weighted by atomic mass is 79.9. The lowest BCUT2D eigenvalue weighted by atomic mass is 10.2. The number of halogens is 1. The summed E-state index contributed by atoms with van der Waals surface area (Å²) in [6.45, 7) is 2.36. The lowest BCUT2D eigenvalue weighted by Gasteiger charge is -2.24. The zero-order valence-corrected chi connectivity index (χ0v) is 19.8. The average molecular weight is 515 g/mol. The number of nitrogens with zero attached hydrogens (tertiary/aromatic N) is 2. The molecule has 0 fully saturated rings. The van der Waals surface area contributed by atoms with Crippen molar-refractivity contribution in [2.24, 2.45) is 0 Å². The average Bonchev–Trinajstić information content (AvgIpc) is 2.80. The number of anilines is 2. The van der Waals surface area contributed by atoms with E-state index in [1.165, 1.54) is 4.31 Å². The summed E-state index contributed by atoms with van der Waals surface area (Å²) < 4.78 is 28.5. The highest BCUT2D eigenvalue weighted by molar-refractivity contribution is 9.10. The number of hydrogen-bond acceptors (Lipinski definition) is 4. The number of rotatable bonds is 8. The zero-order chi connectivity index (χ0) is 23.0. The number of amides is 2. The molecular weight excluding hydrogens is 492 g/mol. The summed E-state index contributed by atoms with van der Waals surface area (Å²) in [6.07, 6.45) is 6.92. The van der Waals surface area contributed by atoms with Crippen LogP contribution in [0.15, 0.2) is 94.6 Å². The van der Waals surface area contributed by atoms with Crippen LogP contribution in [-0.4, -0.2) is 26.0 Å². The van der Waals surface area contributed by atoms with E-state index in [1.807, 2.05) is 13.0 Å². The van der Waals surface area contributed by atoms with Crippen LogP contribution in [0.1, 0.15) is 12.5 Å². The van der Waals surface area contributed by atoms with Crippen LogP contribution in [-0.2, 0) is 16.6 Å². The van der Waals surface area contributed by atoms with Gasteiger partial charge in [0.2, 0.25) is 0 Å². The normalized spacial score (nSPS) is 11.3. The molecule has 3 rings (SSSR count). The van der Waals surface area contributed by atoms with Crippen LogP contribution >= 0.6 is 15.9 Å². The molecule has 1 aromatic heterocycles. The van der Waals surface area contributed by atoms with Crippen molar-refractivity contribution in [1.82, 2.24) is 10.3 Å². The Hall–Kier alpha value is -3.17. The smallest absolute Gasteiger partial charge is 0.319 e. The molecule has 9 heteroatoms. The Morgan fingerprint density at radius 3 is 2.50 bits per heavy atom. The van der Waals surface area contributed by atoms with Gasteiger partial charge in [-0.3, -0.25) is 9.29 Å². The van der Waals surface area contributed by atoms with E-state index in [2.05, 4.69) is 31.5 Å². The van der Waals surface area contributed by atoms with E-state index in [0.717, 1.165) is 5.56 Å². The highest BCUT2D eigenvalue weighted by Gasteiger charge is 2.26. The van der Waals surface area contributed by atoms with Gasteiger partial charge in [0.05, 0.1) is 12.2 Å². The monoisotopic (exact) mass is 514 g/mol. The SMILES string of the molecule is C/C=C/CN(c1ccc(NC(=O)NCc2cccnc2)cc1)S(=O)(=O)c1ccccc1Br. The number of carbonyl (C=O) groups is 1. The van der Waals surface area contributed by atoms with E-state index < -0.39 is 10.0 Å². The number of nitrogens with one attached hydrogen (secondary N) is 2. The van der Waals surface area contributed by atoms with Crippen molar-refractivity contribution in [1.29, 1.82) is 0 Å². The van der Waals surface area contributed by atoms with Crippen molar-refractivity contribution in [3.05, 3.63) is 95.2 Å². The number of allylic oxidation sites excluding steroid dienone is 1. The maximum Gasteiger partial charge on any atom is 0.319 e. The lowest BCUT2D eigenvalue weighted by molar-refractivity contribution is 0.251. The highest BCUT2D eigenvalue weighted by Crippen LogP contribution is 2.29. The van der Waals surface area contributed by atoms with Gasteiger partial charge >= 0.3 is 6.03 Å². The molecule has 32 heavy (non-hydrogen) atoms. The predicted molar refractivity (Wildman–Crippen MR) is 130 cm³/mol. The van der Waals surface area contributed by atoms with Crippen LogP contribution in [0.4, 0.5) is 16.2 Å². The van der Waals surface area contributed by atoms with Gasteiger partial charge in [-0.05, 0) is 70.9 Å². The lowest BCUT2D eigenvalue weighted by Crippen LogP contribution is -2.31. The minimum absolute atomic E-state index is 0.179. The zero-order valence-electron chi connectivity index (χ0n) is 17.4. The van der Waals surface area contributed by atoms with Crippen molar-refractivity contribution in [3.63, 3.8) is 0 Å². The van der Waals surface area contributed by atoms with E-state index in [9.17, 15) is 13.2 Å². The number of aromatic nitrogens is 1. The van der Waals surface area contributed by atoms with Gasteiger partial charge in [0.15, 0.2) is 0 Å². The standard InChI is InChI=1S/C23H23BrN4O3S/c1-2-3-15-28(32(30,31)22-9-5-4-8-21(22)24)20-12-10-19(11-13-20)27-23(29)26-17-18-7-6-14-25-16-18/h2-14,16H,15,17H2,1H3,(H2,26,27,29)/b3-2+. The molecule has 0 radical (unpaired) electrons. The quantitative estimate of drug-likeness (QED) is 0.416. The Kier molecular flexibility index (Phi) is 8.02. The number of benzene rings is 2. The van der Waals surface area contributed by atoms with E-state index in [4.69, 9.17) is 0 Å². The molecule has 0 saturated heterocycles. The predicted octanol–water partition coefficient (Wildman–Crippen LogP) is 4.94. The van der Waals surface area contributed by atoms with Crippen LogP contribution in [0.5, 0.6) is 0 Å². The van der Waals surface area contributed by atoms with Crippen molar-refractivity contribution in [2.45, 2.75) is 18.4 Å². The van der Waals surface area contributed by atoms with E-state index in [0.29, 0.717) is 22.4 Å². The summed E-state index contributed by atoms with van der Waals surface area (Å²) in [5.41, 5.74) is 1.91. The first-order chi connectivity index (χ1) is 15.4. The van der Waals surface area contributed by atoms with Crippen molar-refractivity contribution in [2.75, 3.05) is 16.2 Å². The Morgan fingerprint density at radius 1 is 1.09 bits per heavy atom. The number of carbonyl (C=O) groups excluding carboxylic acids is 1. The Morgan fingerprint density at radius 2 is 1.84 bits per heavy atom. The molecule has 2 amide bonds. The van der Waals surface area contributed by atoms with Gasteiger partial charge in [0, 0.05) is 29.1 Å². The molecule has 0 unspecified atom stereocenters. The van der Waals surface area contributed by atoms with E-state index in [-0.39, 0.29) is 17.5 Å². The van der Waals surface area contributed by atoms with Gasteiger partial charge in [-0.15, -0.1) is 0 Å². The van der Waals surface area contributed by atoms with E-state index in [1.54, 1.807) is 79.1 Å². The van der Waals surface area contributed by atoms with Crippen LogP contribution in [0.2, 0.25) is 0 Å². The maximum atomic E-state index is 13.3. The molecule has 3 aromatic rings. The molecule has 166 valence electrons. The maximum absolute atomic E-state index is 13.3. The van der Waals surface area contributed by atoms with Crippen molar-refractivity contribution >= 4 is 43.4 Å². The van der Waals surface area contributed by atoms with Gasteiger partial charge < -0.3 is 10.6 Å². The van der Waals surface area contributed by atoms with Gasteiger partial charge in [-0.1, -0.05) is 30.4 Å². The minimum atomic E-state index is -3.80. The summed E-state index contributed by atoms with van der Waals surface area (Å²) in [6, 6.07) is 16.7. The van der Waals surface area contributed by atoms with Crippen LogP contribution in [0, 0.1) is 0 Å². The number of hydrogen-bond donors (Lipinski definition) is 2. The van der Waals surface area contributed by atoms with Crippen LogP contribution < -0.4 is 14.9 Å². The molecule has 7 nitrogen and oxygen atoms in total. The summed E-state index contributed by atoms with van der Waals surface area (Å²) in [7, 11) is -3.80. The Labute approximate surface area is 196 Å². The third-order valence-corrected chi connectivity index (χ3v) is 7.31. The van der Waals surface area contributed by atoms with E-state index >= 15 is 0 Å². The van der Waals surface area contributed by atoms with Crippen LogP contribution in [0.25, 0.3) is 0 Å². The number of urea groups is 1. The molecule has 0 aliphatic carbocycles. The third-order valence-electron chi connectivity index (χ3n) is 4.50. The molecule has 1 heterocycles. The first-order valence-corrected chi connectivity index (χ1v) is 12.1. The van der Waals surface area contributed by atoms with Gasteiger partial charge in [-0.2, -0.15) is 0 Å². The molecule has 0 aliphatic heterocycles. The van der Waals surface area contributed by atoms with Gasteiger partial charge in [0.1, 0.15) is 4.90 Å². The summed E-state index contributed by atoms with van der Waals surface area (Å²) in [4.78, 5) is 16.4. The summed E-state index contributed by atoms with van der Waals surface area (Å²) in [5.74, 6) is 0. The molecular formula is C23H23BrN4O3S. The van der Waals surface area contributed by atoms with Gasteiger partial charge in [0.25, 0.3) is 10.0 Å². The summed E-state index contributed by atoms with van der Waals surface area (Å²) >= 11 is 3.33. The third kappa shape index (κ3) is 5.95. The molecule has 0 bridgehead atoms. The van der Waals surface area contributed by atoms with Gasteiger partial charge in [-0.25, -0.2) is 13.2 Å². The molecule has 0 saturated carbocycles. The fourth-order valence-corrected chi connectivity index (χ4v) is 5.27. The Balaban J connectivity index is 1.75. The molecule has 2 aromatic carbocycles. The number of pyridine rings is 1. The second-order valence-electron chi connectivity index (χ2n) is 6.75. The molecule has 0 spiro atoms. The Bertz CT molecular complexity index is 1180. The van der Waals surface area contributed by atoms with Crippen molar-refractivity contribution in [3.8, 4) is 0 Å². The molecule has 2 N–H and O–H groups in total. The molecule has 0 atom stereocenters. The number of sulfonamides is 1. The summed E-state index contributed by atoms with van der Waals surface area (Å²) in [5, 5.41) is 5.50. The minimum Gasteiger partial charge on any atom is -0.334 e.